The van der Waals surface area contributed by atoms with E-state index in [-0.39, 0.29) is 17.7 Å². The van der Waals surface area contributed by atoms with Gasteiger partial charge in [0, 0.05) is 32.2 Å². The van der Waals surface area contributed by atoms with E-state index in [1.54, 1.807) is 4.90 Å². The molecule has 0 aromatic rings. The van der Waals surface area contributed by atoms with E-state index in [1.165, 1.54) is 0 Å². The van der Waals surface area contributed by atoms with Crippen LogP contribution in [0.4, 0.5) is 0 Å². The summed E-state index contributed by atoms with van der Waals surface area (Å²) >= 11 is 0. The first-order chi connectivity index (χ1) is 10.1. The Morgan fingerprint density at radius 1 is 1.05 bits per heavy atom. The summed E-state index contributed by atoms with van der Waals surface area (Å²) in [5, 5.41) is 9.03. The van der Waals surface area contributed by atoms with Gasteiger partial charge in [0.1, 0.15) is 0 Å². The van der Waals surface area contributed by atoms with Crippen LogP contribution in [-0.2, 0) is 19.1 Å². The molecule has 2 unspecified atom stereocenters. The number of carbonyl (C=O) groups excluding carboxylic acids is 1. The molecule has 0 spiro atoms. The van der Waals surface area contributed by atoms with E-state index in [4.69, 9.17) is 14.6 Å². The number of aliphatic carboxylic acids is 1. The SMILES string of the molecule is CCOCCN(CCOCC)C(=O)C1CCC(C(=O)O)C1. The van der Waals surface area contributed by atoms with Crippen LogP contribution in [0.15, 0.2) is 0 Å². The lowest BCUT2D eigenvalue weighted by molar-refractivity contribution is -0.142. The van der Waals surface area contributed by atoms with E-state index in [2.05, 4.69) is 0 Å². The van der Waals surface area contributed by atoms with E-state index < -0.39 is 5.97 Å². The second kappa shape index (κ2) is 9.73. The average Bonchev–Trinajstić information content (AvgIpc) is 2.95. The molecule has 1 saturated carbocycles. The number of rotatable bonds is 10. The van der Waals surface area contributed by atoms with Crippen LogP contribution >= 0.6 is 0 Å². The standard InChI is InChI=1S/C15H27NO5/c1-3-20-9-7-16(8-10-21-4-2)14(17)12-5-6-13(11-12)15(18)19/h12-13H,3-11H2,1-2H3,(H,18,19). The lowest BCUT2D eigenvalue weighted by Gasteiger charge is -2.25. The van der Waals surface area contributed by atoms with Gasteiger partial charge in [0.2, 0.25) is 5.91 Å². The average molecular weight is 301 g/mol. The Bertz CT molecular complexity index is 324. The number of ether oxygens (including phenoxy) is 2. The topological polar surface area (TPSA) is 76.1 Å². The molecule has 0 aromatic heterocycles. The van der Waals surface area contributed by atoms with Gasteiger partial charge in [-0.25, -0.2) is 0 Å². The molecule has 1 aliphatic rings. The highest BCUT2D eigenvalue weighted by Crippen LogP contribution is 2.32. The molecule has 2 atom stereocenters. The molecule has 1 rings (SSSR count). The summed E-state index contributed by atoms with van der Waals surface area (Å²) in [6.45, 7) is 7.16. The van der Waals surface area contributed by atoms with Crippen LogP contribution in [0.1, 0.15) is 33.1 Å². The fourth-order valence-corrected chi connectivity index (χ4v) is 2.66. The van der Waals surface area contributed by atoms with Crippen molar-refractivity contribution in [1.29, 1.82) is 0 Å². The van der Waals surface area contributed by atoms with Crippen molar-refractivity contribution in [3.63, 3.8) is 0 Å². The van der Waals surface area contributed by atoms with Crippen molar-refractivity contribution in [1.82, 2.24) is 4.90 Å². The number of amides is 1. The normalized spacial score (nSPS) is 21.4. The Kier molecular flexibility index (Phi) is 8.30. The predicted octanol–water partition coefficient (Wildman–Crippen LogP) is 1.39. The van der Waals surface area contributed by atoms with Gasteiger partial charge in [-0.2, -0.15) is 0 Å². The largest absolute Gasteiger partial charge is 0.481 e. The van der Waals surface area contributed by atoms with Crippen molar-refractivity contribution in [2.45, 2.75) is 33.1 Å². The zero-order valence-electron chi connectivity index (χ0n) is 13.0. The van der Waals surface area contributed by atoms with E-state index in [1.807, 2.05) is 13.8 Å². The van der Waals surface area contributed by atoms with E-state index >= 15 is 0 Å². The number of carboxylic acid groups (broad SMARTS) is 1. The maximum Gasteiger partial charge on any atom is 0.306 e. The van der Waals surface area contributed by atoms with Gasteiger partial charge >= 0.3 is 5.97 Å². The zero-order valence-corrected chi connectivity index (χ0v) is 13.0. The molecule has 0 aromatic carbocycles. The molecule has 122 valence electrons. The fourth-order valence-electron chi connectivity index (χ4n) is 2.66. The molecule has 1 N–H and O–H groups in total. The summed E-state index contributed by atoms with van der Waals surface area (Å²) in [5.74, 6) is -1.30. The van der Waals surface area contributed by atoms with Crippen LogP contribution in [0.5, 0.6) is 0 Å². The van der Waals surface area contributed by atoms with E-state index in [0.717, 1.165) is 0 Å². The van der Waals surface area contributed by atoms with Gasteiger partial charge in [-0.05, 0) is 33.1 Å². The highest BCUT2D eigenvalue weighted by atomic mass is 16.5. The molecule has 1 fully saturated rings. The molecule has 6 nitrogen and oxygen atoms in total. The molecule has 1 aliphatic carbocycles. The number of carboxylic acids is 1. The third-order valence-electron chi connectivity index (χ3n) is 3.86. The minimum Gasteiger partial charge on any atom is -0.481 e. The summed E-state index contributed by atoms with van der Waals surface area (Å²) < 4.78 is 10.6. The molecular formula is C15H27NO5. The van der Waals surface area contributed by atoms with Crippen LogP contribution in [0, 0.1) is 11.8 Å². The lowest BCUT2D eigenvalue weighted by atomic mass is 10.0. The first-order valence-corrected chi connectivity index (χ1v) is 7.77. The molecule has 6 heteroatoms. The minimum absolute atomic E-state index is 0.0400. The Hall–Kier alpha value is -1.14. The van der Waals surface area contributed by atoms with Gasteiger partial charge in [-0.3, -0.25) is 9.59 Å². The molecule has 0 heterocycles. The summed E-state index contributed by atoms with van der Waals surface area (Å²) in [7, 11) is 0. The zero-order chi connectivity index (χ0) is 15.7. The summed E-state index contributed by atoms with van der Waals surface area (Å²) in [5.41, 5.74) is 0. The third kappa shape index (κ3) is 6.01. The van der Waals surface area contributed by atoms with Crippen molar-refractivity contribution in [2.75, 3.05) is 39.5 Å². The Morgan fingerprint density at radius 2 is 1.57 bits per heavy atom. The molecule has 0 radical (unpaired) electrons. The molecule has 0 aliphatic heterocycles. The summed E-state index contributed by atoms with van der Waals surface area (Å²) in [6.07, 6.45) is 1.71. The molecule has 21 heavy (non-hydrogen) atoms. The molecular weight excluding hydrogens is 274 g/mol. The van der Waals surface area contributed by atoms with Crippen molar-refractivity contribution in [2.24, 2.45) is 11.8 Å². The van der Waals surface area contributed by atoms with Crippen molar-refractivity contribution in [3.8, 4) is 0 Å². The van der Waals surface area contributed by atoms with Gasteiger partial charge in [-0.1, -0.05) is 0 Å². The Labute approximate surface area is 126 Å². The second-order valence-electron chi connectivity index (χ2n) is 5.26. The highest BCUT2D eigenvalue weighted by molar-refractivity contribution is 5.81. The Morgan fingerprint density at radius 3 is 2.00 bits per heavy atom. The molecule has 1 amide bonds. The van der Waals surface area contributed by atoms with Crippen LogP contribution in [-0.4, -0.2) is 61.4 Å². The van der Waals surface area contributed by atoms with Crippen molar-refractivity contribution < 1.29 is 24.2 Å². The summed E-state index contributed by atoms with van der Waals surface area (Å²) in [6, 6.07) is 0. The first-order valence-electron chi connectivity index (χ1n) is 7.77. The first kappa shape index (κ1) is 17.9. The Balaban J connectivity index is 2.50. The summed E-state index contributed by atoms with van der Waals surface area (Å²) in [4.78, 5) is 25.3. The van der Waals surface area contributed by atoms with Gasteiger partial charge in [0.05, 0.1) is 19.1 Å². The molecule has 0 bridgehead atoms. The van der Waals surface area contributed by atoms with Gasteiger partial charge < -0.3 is 19.5 Å². The van der Waals surface area contributed by atoms with Crippen LogP contribution in [0.2, 0.25) is 0 Å². The van der Waals surface area contributed by atoms with Gasteiger partial charge in [0.25, 0.3) is 0 Å². The fraction of sp³-hybridized carbons (Fsp3) is 0.867. The lowest BCUT2D eigenvalue weighted by Crippen LogP contribution is -2.40. The number of carbonyl (C=O) groups is 2. The minimum atomic E-state index is -0.791. The van der Waals surface area contributed by atoms with Gasteiger partial charge in [0.15, 0.2) is 0 Å². The highest BCUT2D eigenvalue weighted by Gasteiger charge is 2.35. The number of nitrogens with zero attached hydrogens (tertiary/aromatic N) is 1. The number of hydrogen-bond donors (Lipinski definition) is 1. The second-order valence-corrected chi connectivity index (χ2v) is 5.26. The van der Waals surface area contributed by atoms with Crippen LogP contribution in [0.3, 0.4) is 0 Å². The van der Waals surface area contributed by atoms with Crippen LogP contribution in [0.25, 0.3) is 0 Å². The quantitative estimate of drug-likeness (QED) is 0.617. The molecule has 0 saturated heterocycles. The maximum absolute atomic E-state index is 12.5. The van der Waals surface area contributed by atoms with Crippen molar-refractivity contribution in [3.05, 3.63) is 0 Å². The van der Waals surface area contributed by atoms with Crippen LogP contribution < -0.4 is 0 Å². The maximum atomic E-state index is 12.5. The van der Waals surface area contributed by atoms with Gasteiger partial charge in [-0.15, -0.1) is 0 Å². The smallest absolute Gasteiger partial charge is 0.306 e. The predicted molar refractivity (Wildman–Crippen MR) is 78.0 cm³/mol. The van der Waals surface area contributed by atoms with E-state index in [0.29, 0.717) is 58.8 Å². The third-order valence-corrected chi connectivity index (χ3v) is 3.86. The monoisotopic (exact) mass is 301 g/mol. The van der Waals surface area contributed by atoms with E-state index in [9.17, 15) is 9.59 Å². The number of hydrogen-bond acceptors (Lipinski definition) is 4. The van der Waals surface area contributed by atoms with Crippen molar-refractivity contribution >= 4 is 11.9 Å².